The average Bonchev–Trinajstić information content (AvgIpc) is 2.79. The van der Waals surface area contributed by atoms with Crippen molar-refractivity contribution in [1.82, 2.24) is 0 Å². The number of hydrogen-bond donors (Lipinski definition) is 1. The van der Waals surface area contributed by atoms with Crippen molar-refractivity contribution < 1.29 is 27.4 Å². The van der Waals surface area contributed by atoms with Crippen LogP contribution in [0.3, 0.4) is 0 Å². The van der Waals surface area contributed by atoms with Gasteiger partial charge in [-0.25, -0.2) is 0 Å². The molecule has 176 valence electrons. The Bertz CT molecular complexity index is 1500. The summed E-state index contributed by atoms with van der Waals surface area (Å²) >= 11 is 0. The zero-order chi connectivity index (χ0) is 24.5. The SMILES string of the molecule is CCOc1c(OCC)c(S(=O)(=O)O)c2cc3ccccc3cc2c1Cc1ccc([N+](=O)[O-])cc1. The molecule has 1 N–H and O–H groups in total. The molecule has 0 spiro atoms. The quantitative estimate of drug-likeness (QED) is 0.152. The maximum Gasteiger partial charge on any atom is 0.299 e. The van der Waals surface area contributed by atoms with Crippen LogP contribution in [0.1, 0.15) is 25.0 Å². The lowest BCUT2D eigenvalue weighted by atomic mass is 9.94. The second kappa shape index (κ2) is 9.28. The first-order valence-electron chi connectivity index (χ1n) is 10.7. The number of ether oxygens (including phenoxy) is 2. The normalized spacial score (nSPS) is 11.6. The molecule has 0 aromatic heterocycles. The number of nitro groups is 1. The van der Waals surface area contributed by atoms with Gasteiger partial charge in [0, 0.05) is 29.5 Å². The standard InChI is InChI=1S/C25H23NO7S/c1-3-32-23-21(13-16-9-11-19(12-10-16)26(27)28)20-14-17-7-5-6-8-18(17)15-22(20)25(34(29,30)31)24(23)33-4-2/h5-12,14-15H,3-4,13H2,1-2H3,(H,29,30,31). The molecule has 0 saturated heterocycles. The minimum absolute atomic E-state index is 0.0265. The van der Waals surface area contributed by atoms with Gasteiger partial charge >= 0.3 is 0 Å². The topological polar surface area (TPSA) is 116 Å². The van der Waals surface area contributed by atoms with Crippen LogP contribution in [-0.4, -0.2) is 31.1 Å². The second-order valence-electron chi connectivity index (χ2n) is 7.65. The maximum atomic E-state index is 12.6. The van der Waals surface area contributed by atoms with Crippen LogP contribution < -0.4 is 9.47 Å². The predicted molar refractivity (Wildman–Crippen MR) is 130 cm³/mol. The van der Waals surface area contributed by atoms with E-state index in [9.17, 15) is 23.1 Å². The Morgan fingerprint density at radius 1 is 0.882 bits per heavy atom. The second-order valence-corrected chi connectivity index (χ2v) is 9.01. The van der Waals surface area contributed by atoms with E-state index >= 15 is 0 Å². The minimum Gasteiger partial charge on any atom is -0.490 e. The molecule has 0 aliphatic rings. The summed E-state index contributed by atoms with van der Waals surface area (Å²) in [6, 6.07) is 17.2. The van der Waals surface area contributed by atoms with E-state index in [0.717, 1.165) is 16.3 Å². The van der Waals surface area contributed by atoms with E-state index in [1.165, 1.54) is 12.1 Å². The van der Waals surface area contributed by atoms with Gasteiger partial charge in [-0.1, -0.05) is 36.4 Å². The first kappa shape index (κ1) is 23.5. The van der Waals surface area contributed by atoms with E-state index in [4.69, 9.17) is 9.47 Å². The van der Waals surface area contributed by atoms with Crippen LogP contribution in [-0.2, 0) is 16.5 Å². The highest BCUT2D eigenvalue weighted by molar-refractivity contribution is 7.86. The molecular formula is C25H23NO7S. The van der Waals surface area contributed by atoms with E-state index in [-0.39, 0.29) is 35.3 Å². The Morgan fingerprint density at radius 3 is 1.97 bits per heavy atom. The van der Waals surface area contributed by atoms with Crippen molar-refractivity contribution in [1.29, 1.82) is 0 Å². The lowest BCUT2D eigenvalue weighted by molar-refractivity contribution is -0.384. The number of rotatable bonds is 8. The summed E-state index contributed by atoms with van der Waals surface area (Å²) in [6.45, 7) is 3.86. The van der Waals surface area contributed by atoms with Crippen molar-refractivity contribution in [2.24, 2.45) is 0 Å². The summed E-state index contributed by atoms with van der Waals surface area (Å²) in [7, 11) is -4.68. The predicted octanol–water partition coefficient (Wildman–Crippen LogP) is 5.54. The summed E-state index contributed by atoms with van der Waals surface area (Å²) in [6.07, 6.45) is 0.300. The molecule has 4 rings (SSSR count). The Kier molecular flexibility index (Phi) is 6.41. The number of nitro benzene ring substituents is 1. The van der Waals surface area contributed by atoms with Crippen molar-refractivity contribution in [3.05, 3.63) is 81.9 Å². The number of non-ortho nitro benzene ring substituents is 1. The zero-order valence-electron chi connectivity index (χ0n) is 18.6. The molecule has 0 atom stereocenters. The largest absolute Gasteiger partial charge is 0.490 e. The van der Waals surface area contributed by atoms with Crippen LogP contribution in [0.2, 0.25) is 0 Å². The summed E-state index contributed by atoms with van der Waals surface area (Å²) in [4.78, 5) is 10.2. The van der Waals surface area contributed by atoms with Crippen molar-refractivity contribution >= 4 is 37.4 Å². The molecule has 0 fully saturated rings. The molecule has 34 heavy (non-hydrogen) atoms. The van der Waals surface area contributed by atoms with E-state index in [0.29, 0.717) is 22.8 Å². The van der Waals surface area contributed by atoms with Crippen molar-refractivity contribution in [3.63, 3.8) is 0 Å². The molecule has 0 heterocycles. The monoisotopic (exact) mass is 481 g/mol. The van der Waals surface area contributed by atoms with Gasteiger partial charge in [-0.15, -0.1) is 0 Å². The summed E-state index contributed by atoms with van der Waals surface area (Å²) in [5.74, 6) is 0.171. The average molecular weight is 482 g/mol. The maximum absolute atomic E-state index is 12.6. The number of benzene rings is 4. The molecule has 8 nitrogen and oxygen atoms in total. The van der Waals surface area contributed by atoms with Crippen LogP contribution in [0.15, 0.2) is 65.6 Å². The number of hydrogen-bond acceptors (Lipinski definition) is 6. The zero-order valence-corrected chi connectivity index (χ0v) is 19.5. The fourth-order valence-corrected chi connectivity index (χ4v) is 4.94. The molecule has 0 unspecified atom stereocenters. The van der Waals surface area contributed by atoms with E-state index in [2.05, 4.69) is 0 Å². The highest BCUT2D eigenvalue weighted by atomic mass is 32.2. The van der Waals surface area contributed by atoms with E-state index < -0.39 is 15.0 Å². The van der Waals surface area contributed by atoms with Gasteiger partial charge in [0.15, 0.2) is 11.5 Å². The lowest BCUT2D eigenvalue weighted by Crippen LogP contribution is -2.10. The van der Waals surface area contributed by atoms with Gasteiger partial charge in [-0.05, 0) is 47.7 Å². The van der Waals surface area contributed by atoms with Crippen LogP contribution in [0.5, 0.6) is 11.5 Å². The van der Waals surface area contributed by atoms with Gasteiger partial charge in [-0.3, -0.25) is 14.7 Å². The molecule has 0 aliphatic carbocycles. The molecular weight excluding hydrogens is 458 g/mol. The summed E-state index contributed by atoms with van der Waals surface area (Å²) in [5.41, 5.74) is 1.40. The molecule has 0 amide bonds. The van der Waals surface area contributed by atoms with Gasteiger partial charge in [-0.2, -0.15) is 8.42 Å². The molecule has 0 bridgehead atoms. The number of nitrogens with zero attached hydrogens (tertiary/aromatic N) is 1. The minimum atomic E-state index is -4.68. The van der Waals surface area contributed by atoms with Gasteiger partial charge < -0.3 is 9.47 Å². The number of fused-ring (bicyclic) bond motifs is 2. The fourth-order valence-electron chi connectivity index (χ4n) is 4.11. The fraction of sp³-hybridized carbons (Fsp3) is 0.200. The molecule has 9 heteroatoms. The third kappa shape index (κ3) is 4.40. The summed E-state index contributed by atoms with van der Waals surface area (Å²) < 4.78 is 47.0. The Balaban J connectivity index is 2.10. The van der Waals surface area contributed by atoms with Gasteiger partial charge in [0.2, 0.25) is 0 Å². The Hall–Kier alpha value is -3.69. The molecule has 0 radical (unpaired) electrons. The smallest absolute Gasteiger partial charge is 0.299 e. The van der Waals surface area contributed by atoms with Crippen molar-refractivity contribution in [2.45, 2.75) is 25.2 Å². The van der Waals surface area contributed by atoms with Gasteiger partial charge in [0.25, 0.3) is 15.8 Å². The van der Waals surface area contributed by atoms with E-state index in [1.807, 2.05) is 30.3 Å². The molecule has 0 saturated carbocycles. The molecule has 4 aromatic rings. The van der Waals surface area contributed by atoms with E-state index in [1.54, 1.807) is 32.0 Å². The Labute approximate surface area is 196 Å². The first-order valence-corrected chi connectivity index (χ1v) is 12.2. The van der Waals surface area contributed by atoms with Gasteiger partial charge in [0.1, 0.15) is 4.90 Å². The third-order valence-corrected chi connectivity index (χ3v) is 6.43. The van der Waals surface area contributed by atoms with Gasteiger partial charge in [0.05, 0.1) is 18.1 Å². The van der Waals surface area contributed by atoms with Crippen molar-refractivity contribution in [3.8, 4) is 11.5 Å². The highest BCUT2D eigenvalue weighted by Crippen LogP contribution is 2.46. The van der Waals surface area contributed by atoms with Crippen LogP contribution in [0.4, 0.5) is 5.69 Å². The highest BCUT2D eigenvalue weighted by Gasteiger charge is 2.29. The molecule has 0 aliphatic heterocycles. The van der Waals surface area contributed by atoms with Crippen molar-refractivity contribution in [2.75, 3.05) is 13.2 Å². The Morgan fingerprint density at radius 2 is 1.44 bits per heavy atom. The van der Waals surface area contributed by atoms with Crippen LogP contribution in [0, 0.1) is 10.1 Å². The lowest BCUT2D eigenvalue weighted by Gasteiger charge is -2.21. The first-order chi connectivity index (χ1) is 16.2. The molecule has 4 aromatic carbocycles. The van der Waals surface area contributed by atoms with Crippen LogP contribution >= 0.6 is 0 Å². The third-order valence-electron chi connectivity index (χ3n) is 5.51. The summed E-state index contributed by atoms with van der Waals surface area (Å²) in [5, 5.41) is 13.6. The van der Waals surface area contributed by atoms with Crippen LogP contribution in [0.25, 0.3) is 21.5 Å².